The summed E-state index contributed by atoms with van der Waals surface area (Å²) < 4.78 is 34.7. The van der Waals surface area contributed by atoms with E-state index >= 15 is 0 Å². The van der Waals surface area contributed by atoms with E-state index in [4.69, 9.17) is 18.5 Å². The second-order valence-corrected chi connectivity index (χ2v) is 26.0. The molecule has 2 atom stereocenters. The fourth-order valence-electron chi connectivity index (χ4n) is 9.80. The summed E-state index contributed by atoms with van der Waals surface area (Å²) in [6.45, 7) is 4.34. The van der Waals surface area contributed by atoms with Gasteiger partial charge in [-0.2, -0.15) is 0 Å². The van der Waals surface area contributed by atoms with Gasteiger partial charge in [-0.05, 0) is 77.0 Å². The van der Waals surface area contributed by atoms with Gasteiger partial charge in [0.1, 0.15) is 19.8 Å². The number of esters is 2. The van der Waals surface area contributed by atoms with Crippen LogP contribution in [0.2, 0.25) is 0 Å². The van der Waals surface area contributed by atoms with Gasteiger partial charge < -0.3 is 18.9 Å². The SMILES string of the molecule is CC/C=C\C/C=C\C/C=C\C/C=C\C/C=C\C/C=C\C/C=C\C/C=C\CCCCCCCCC(=O)OC(COC(=O)CCCCCCCCCCCCCCCCCCCCCCCCCCCCCCC)COP(=O)(O)OCC[N+](C)(C)C. The molecule has 0 rings (SSSR count). The quantitative estimate of drug-likeness (QED) is 0.0211. The van der Waals surface area contributed by atoms with Crippen molar-refractivity contribution in [3.63, 3.8) is 0 Å². The first-order chi connectivity index (χ1) is 41.0. The van der Waals surface area contributed by atoms with Gasteiger partial charge in [0.15, 0.2) is 6.10 Å². The Morgan fingerprint density at radius 2 is 0.679 bits per heavy atom. The van der Waals surface area contributed by atoms with E-state index < -0.39 is 26.5 Å². The number of phosphoric acid groups is 1. The van der Waals surface area contributed by atoms with Crippen LogP contribution in [0.25, 0.3) is 0 Å². The van der Waals surface area contributed by atoms with E-state index in [1.54, 1.807) is 0 Å². The molecule has 0 aliphatic carbocycles. The highest BCUT2D eigenvalue weighted by Gasteiger charge is 2.27. The van der Waals surface area contributed by atoms with E-state index in [0.717, 1.165) is 109 Å². The summed E-state index contributed by atoms with van der Waals surface area (Å²) >= 11 is 0. The van der Waals surface area contributed by atoms with Crippen molar-refractivity contribution in [1.29, 1.82) is 0 Å². The van der Waals surface area contributed by atoms with Crippen LogP contribution in [0.3, 0.4) is 0 Å². The van der Waals surface area contributed by atoms with Crippen LogP contribution in [0.15, 0.2) is 97.2 Å². The van der Waals surface area contributed by atoms with E-state index in [-0.39, 0.29) is 32.0 Å². The summed E-state index contributed by atoms with van der Waals surface area (Å²) in [5.74, 6) is -0.807. The fraction of sp³-hybridized carbons (Fsp3) is 0.757. The minimum Gasteiger partial charge on any atom is -0.462 e. The van der Waals surface area contributed by atoms with Crippen LogP contribution in [0.4, 0.5) is 0 Å². The van der Waals surface area contributed by atoms with Gasteiger partial charge in [0.2, 0.25) is 0 Å². The Morgan fingerprint density at radius 3 is 1.01 bits per heavy atom. The third kappa shape index (κ3) is 68.0. The van der Waals surface area contributed by atoms with E-state index in [9.17, 15) is 19.0 Å². The molecule has 0 saturated heterocycles. The zero-order valence-corrected chi connectivity index (χ0v) is 56.3. The van der Waals surface area contributed by atoms with Crippen LogP contribution in [-0.2, 0) is 32.7 Å². The molecule has 1 N–H and O–H groups in total. The summed E-state index contributed by atoms with van der Waals surface area (Å²) in [5, 5.41) is 0. The predicted octanol–water partition coefficient (Wildman–Crippen LogP) is 22.7. The van der Waals surface area contributed by atoms with Gasteiger partial charge in [0.05, 0.1) is 27.7 Å². The molecule has 0 aromatic rings. The largest absolute Gasteiger partial charge is 0.472 e. The molecule has 0 heterocycles. The van der Waals surface area contributed by atoms with Gasteiger partial charge in [0, 0.05) is 12.8 Å². The van der Waals surface area contributed by atoms with E-state index in [1.165, 1.54) is 167 Å². The molecular weight excluding hydrogens is 1060 g/mol. The van der Waals surface area contributed by atoms with Crippen molar-refractivity contribution < 1.29 is 42.1 Å². The third-order valence-electron chi connectivity index (χ3n) is 15.1. The lowest BCUT2D eigenvalue weighted by Crippen LogP contribution is -2.37. The lowest BCUT2D eigenvalue weighted by molar-refractivity contribution is -0.870. The maximum atomic E-state index is 12.9. The minimum atomic E-state index is -4.40. The van der Waals surface area contributed by atoms with Crippen LogP contribution in [0.1, 0.15) is 309 Å². The molecule has 0 spiro atoms. The normalized spacial score (nSPS) is 13.7. The molecule has 0 aromatic heterocycles. The third-order valence-corrected chi connectivity index (χ3v) is 16.1. The van der Waals surface area contributed by atoms with Crippen molar-refractivity contribution in [2.45, 2.75) is 315 Å². The first-order valence-corrected chi connectivity index (χ1v) is 36.5. The average molecular weight is 1200 g/mol. The number of hydrogen-bond acceptors (Lipinski definition) is 7. The molecule has 10 heteroatoms. The number of likely N-dealkylation sites (N-methyl/N-ethyl adjacent to an activating group) is 1. The maximum absolute atomic E-state index is 12.9. The van der Waals surface area contributed by atoms with Gasteiger partial charge in [-0.1, -0.05) is 317 Å². The Labute approximate surface area is 519 Å². The maximum Gasteiger partial charge on any atom is 0.472 e. The number of rotatable bonds is 64. The summed E-state index contributed by atoms with van der Waals surface area (Å²) in [6.07, 6.45) is 89.4. The van der Waals surface area contributed by atoms with Crippen LogP contribution >= 0.6 is 7.82 Å². The zero-order chi connectivity index (χ0) is 61.2. The van der Waals surface area contributed by atoms with Gasteiger partial charge >= 0.3 is 19.8 Å². The number of carbonyl (C=O) groups is 2. The first kappa shape index (κ1) is 80.9. The number of allylic oxidation sites excluding steroid dienone is 16. The Kier molecular flexibility index (Phi) is 62.1. The average Bonchev–Trinajstić information content (AvgIpc) is 3.61. The molecule has 9 nitrogen and oxygen atoms in total. The zero-order valence-electron chi connectivity index (χ0n) is 55.4. The van der Waals surface area contributed by atoms with Crippen LogP contribution in [-0.4, -0.2) is 74.9 Å². The monoisotopic (exact) mass is 1190 g/mol. The smallest absolute Gasteiger partial charge is 0.462 e. The molecule has 0 saturated carbocycles. The molecule has 0 aromatic carbocycles. The molecule has 84 heavy (non-hydrogen) atoms. The second-order valence-electron chi connectivity index (χ2n) is 24.5. The van der Waals surface area contributed by atoms with Crippen LogP contribution in [0, 0.1) is 0 Å². The lowest BCUT2D eigenvalue weighted by atomic mass is 10.0. The van der Waals surface area contributed by atoms with E-state index in [2.05, 4.69) is 111 Å². The van der Waals surface area contributed by atoms with Gasteiger partial charge in [-0.3, -0.25) is 18.6 Å². The molecule has 0 bridgehead atoms. The number of phosphoric ester groups is 1. The van der Waals surface area contributed by atoms with Crippen molar-refractivity contribution in [2.24, 2.45) is 0 Å². The van der Waals surface area contributed by atoms with Gasteiger partial charge in [0.25, 0.3) is 0 Å². The molecule has 0 aliphatic rings. The summed E-state index contributed by atoms with van der Waals surface area (Å²) in [5.41, 5.74) is 0. The Morgan fingerprint density at radius 1 is 0.381 bits per heavy atom. The number of nitrogens with zero attached hydrogens (tertiary/aromatic N) is 1. The lowest BCUT2D eigenvalue weighted by Gasteiger charge is -2.24. The van der Waals surface area contributed by atoms with Gasteiger partial charge in [-0.25, -0.2) is 4.57 Å². The van der Waals surface area contributed by atoms with Crippen molar-refractivity contribution in [1.82, 2.24) is 0 Å². The summed E-state index contributed by atoms with van der Waals surface area (Å²) in [4.78, 5) is 35.9. The molecule has 0 aliphatic heterocycles. The molecule has 2 unspecified atom stereocenters. The molecule has 0 radical (unpaired) electrons. The molecule has 0 amide bonds. The first-order valence-electron chi connectivity index (χ1n) is 35.0. The minimum absolute atomic E-state index is 0.0253. The van der Waals surface area contributed by atoms with Crippen LogP contribution in [0.5, 0.6) is 0 Å². The Hall–Kier alpha value is -3.07. The predicted molar refractivity (Wildman–Crippen MR) is 362 cm³/mol. The molecular formula is C74H133NO8P+. The fourth-order valence-corrected chi connectivity index (χ4v) is 10.5. The second kappa shape index (κ2) is 64.4. The van der Waals surface area contributed by atoms with Crippen molar-refractivity contribution in [3.05, 3.63) is 97.2 Å². The topological polar surface area (TPSA) is 108 Å². The Bertz CT molecular complexity index is 1740. The summed E-state index contributed by atoms with van der Waals surface area (Å²) in [7, 11) is 1.47. The van der Waals surface area contributed by atoms with Gasteiger partial charge in [-0.15, -0.1) is 0 Å². The molecule has 486 valence electrons. The number of unbranched alkanes of at least 4 members (excludes halogenated alkanes) is 34. The van der Waals surface area contributed by atoms with E-state index in [1.807, 2.05) is 21.1 Å². The van der Waals surface area contributed by atoms with Crippen LogP contribution < -0.4 is 0 Å². The Balaban J connectivity index is 4.10. The van der Waals surface area contributed by atoms with Crippen molar-refractivity contribution in [2.75, 3.05) is 47.5 Å². The number of carbonyl (C=O) groups excluding carboxylic acids is 2. The number of quaternary nitrogens is 1. The van der Waals surface area contributed by atoms with Crippen molar-refractivity contribution in [3.8, 4) is 0 Å². The highest BCUT2D eigenvalue weighted by Crippen LogP contribution is 2.43. The van der Waals surface area contributed by atoms with Crippen molar-refractivity contribution >= 4 is 19.8 Å². The molecule has 0 fully saturated rings. The van der Waals surface area contributed by atoms with E-state index in [0.29, 0.717) is 17.4 Å². The number of hydrogen-bond donors (Lipinski definition) is 1. The highest BCUT2D eigenvalue weighted by atomic mass is 31.2. The number of ether oxygens (including phenoxy) is 2. The summed E-state index contributed by atoms with van der Waals surface area (Å²) in [6, 6.07) is 0. The standard InChI is InChI=1S/C74H132NO8P/c1-6-8-10-12-14-16-18-20-22-24-26-28-30-32-34-36-37-39-41-43-45-47-49-51-53-55-57-59-61-63-65-67-74(77)83-72(71-82-84(78,79)81-69-68-75(3,4)5)70-80-73(76)66-64-62-60-58-56-54-52-50-48-46-44-42-40-38-35-33-31-29-27-25-23-21-19-17-15-13-11-9-7-2/h8,10,14,16,20,22,26,28,32,34,37,39,43,45,49,51,72H,6-7,9,11-13,15,17-19,21,23-25,27,29-31,33,35-36,38,40-42,44,46-48,50,52-71H2,1-5H3/p+1/b10-8-,16-14-,22-20-,28-26-,34-32-,39-37-,45-43-,51-49-. The highest BCUT2D eigenvalue weighted by molar-refractivity contribution is 7.47.